The summed E-state index contributed by atoms with van der Waals surface area (Å²) in [4.78, 5) is 4.23. The molecule has 8 heteroatoms. The van der Waals surface area contributed by atoms with Gasteiger partial charge in [-0.3, -0.25) is 4.99 Å². The molecule has 1 aromatic heterocycles. The van der Waals surface area contributed by atoms with Crippen LogP contribution in [0, 0.1) is 0 Å². The van der Waals surface area contributed by atoms with E-state index in [4.69, 9.17) is 27.9 Å². The van der Waals surface area contributed by atoms with Crippen LogP contribution in [0.3, 0.4) is 0 Å². The average molecular weight is 453 g/mol. The first-order valence-corrected chi connectivity index (χ1v) is 9.77. The minimum atomic E-state index is -0.226. The number of para-hydroxylation sites is 2. The van der Waals surface area contributed by atoms with Gasteiger partial charge in [0.15, 0.2) is 5.69 Å². The number of benzene rings is 2. The molecule has 2 heterocycles. The molecule has 4 rings (SSSR count). The third kappa shape index (κ3) is 4.37. The van der Waals surface area contributed by atoms with Crippen LogP contribution in [0.1, 0.15) is 12.2 Å². The zero-order valence-electron chi connectivity index (χ0n) is 15.8. The first-order chi connectivity index (χ1) is 13.6. The molecule has 0 bridgehead atoms. The number of aromatic nitrogens is 2. The minimum Gasteiger partial charge on any atom is -0.859 e. The molecule has 152 valence electrons. The molecule has 0 unspecified atom stereocenters. The van der Waals surface area contributed by atoms with Crippen molar-refractivity contribution in [1.82, 2.24) is 4.57 Å². The number of nitrogens with zero attached hydrogens (tertiary/aromatic N) is 3. The summed E-state index contributed by atoms with van der Waals surface area (Å²) >= 11 is 12.2. The second kappa shape index (κ2) is 9.08. The van der Waals surface area contributed by atoms with Gasteiger partial charge in [-0.05, 0) is 36.8 Å². The van der Waals surface area contributed by atoms with Gasteiger partial charge in [0.1, 0.15) is 24.2 Å². The Balaban J connectivity index is 0.00000240. The van der Waals surface area contributed by atoms with Crippen molar-refractivity contribution in [3.05, 3.63) is 64.5 Å². The van der Waals surface area contributed by atoms with Crippen LogP contribution in [0.5, 0.6) is 5.75 Å². The molecule has 1 aliphatic rings. The van der Waals surface area contributed by atoms with Crippen LogP contribution < -0.4 is 14.4 Å². The van der Waals surface area contributed by atoms with E-state index in [2.05, 4.69) is 9.56 Å². The number of fused-ring (bicyclic) bond motifs is 1. The van der Waals surface area contributed by atoms with Crippen molar-refractivity contribution in [2.75, 3.05) is 7.11 Å². The van der Waals surface area contributed by atoms with E-state index in [1.807, 2.05) is 35.0 Å². The topological polar surface area (TPSA) is 53.5 Å². The number of hydrogen-bond donors (Lipinski definition) is 0. The Kier molecular flexibility index (Phi) is 6.73. The van der Waals surface area contributed by atoms with Gasteiger partial charge in [0, 0.05) is 11.5 Å². The van der Waals surface area contributed by atoms with Gasteiger partial charge in [-0.2, -0.15) is 0 Å². The molecule has 0 saturated heterocycles. The molecular weight excluding hydrogens is 433 g/mol. The van der Waals surface area contributed by atoms with Crippen LogP contribution in [-0.4, -0.2) is 17.6 Å². The fourth-order valence-electron chi connectivity index (χ4n) is 3.57. The number of halogens is 3. The Labute approximate surface area is 185 Å². The van der Waals surface area contributed by atoms with Crippen molar-refractivity contribution in [1.29, 1.82) is 0 Å². The van der Waals surface area contributed by atoms with E-state index in [0.717, 1.165) is 36.5 Å². The molecule has 0 atom stereocenters. The standard InChI is InChI=1S/C21H19Cl2N3O2.ClH/c1-28-19-6-3-2-5-17(19)24-20(27)13-25-12-18(26-10-4-7-21(25)26)14-8-9-15(22)16(23)11-14;/h2-3,5-6,8-9,11-12H,4,7,10,13H2,1H3;1H. The van der Waals surface area contributed by atoms with Crippen LogP contribution in [0.2, 0.25) is 10.0 Å². The first kappa shape index (κ1) is 21.5. The summed E-state index contributed by atoms with van der Waals surface area (Å²) in [6.07, 6.45) is 3.95. The number of ether oxygens (including phenoxy) is 1. The van der Waals surface area contributed by atoms with Crippen molar-refractivity contribution in [2.24, 2.45) is 4.99 Å². The average Bonchev–Trinajstić information content (AvgIpc) is 3.28. The van der Waals surface area contributed by atoms with Crippen LogP contribution in [0.4, 0.5) is 5.69 Å². The van der Waals surface area contributed by atoms with Crippen LogP contribution in [0.25, 0.3) is 11.3 Å². The Morgan fingerprint density at radius 1 is 1.21 bits per heavy atom. The SMILES string of the molecule is COc1ccccc1N=C([O-])C[n+]1cc(-c2ccc(Cl)c(Cl)c2)n2c1CCC2.Cl. The molecular formula is C21H20Cl3N3O2. The van der Waals surface area contributed by atoms with Gasteiger partial charge in [0.2, 0.25) is 0 Å². The highest BCUT2D eigenvalue weighted by atomic mass is 35.5. The van der Waals surface area contributed by atoms with Gasteiger partial charge in [-0.15, -0.1) is 12.4 Å². The van der Waals surface area contributed by atoms with Crippen LogP contribution in [-0.2, 0) is 19.5 Å². The fourth-order valence-corrected chi connectivity index (χ4v) is 3.87. The Morgan fingerprint density at radius 3 is 2.76 bits per heavy atom. The molecule has 3 aromatic rings. The maximum absolute atomic E-state index is 12.6. The Hall–Kier alpha value is -2.21. The summed E-state index contributed by atoms with van der Waals surface area (Å²) in [6.45, 7) is 1.09. The zero-order chi connectivity index (χ0) is 19.7. The minimum absolute atomic E-state index is 0. The van der Waals surface area contributed by atoms with Gasteiger partial charge in [-0.25, -0.2) is 9.13 Å². The Morgan fingerprint density at radius 2 is 2.00 bits per heavy atom. The van der Waals surface area contributed by atoms with Crippen molar-refractivity contribution in [3.8, 4) is 17.0 Å². The molecule has 1 aliphatic heterocycles. The summed E-state index contributed by atoms with van der Waals surface area (Å²) in [6, 6.07) is 12.8. The highest BCUT2D eigenvalue weighted by molar-refractivity contribution is 6.42. The van der Waals surface area contributed by atoms with E-state index in [1.54, 1.807) is 25.3 Å². The van der Waals surface area contributed by atoms with E-state index in [0.29, 0.717) is 21.5 Å². The molecule has 0 radical (unpaired) electrons. The van der Waals surface area contributed by atoms with Crippen molar-refractivity contribution in [2.45, 2.75) is 25.9 Å². The third-order valence-electron chi connectivity index (χ3n) is 4.85. The smallest absolute Gasteiger partial charge is 0.257 e. The lowest BCUT2D eigenvalue weighted by Gasteiger charge is -2.10. The zero-order valence-corrected chi connectivity index (χ0v) is 18.1. The largest absolute Gasteiger partial charge is 0.859 e. The summed E-state index contributed by atoms with van der Waals surface area (Å²) in [5.41, 5.74) is 2.54. The molecule has 29 heavy (non-hydrogen) atoms. The number of imidazole rings is 1. The van der Waals surface area contributed by atoms with Crippen LogP contribution >= 0.6 is 35.6 Å². The van der Waals surface area contributed by atoms with E-state index in [9.17, 15) is 5.11 Å². The van der Waals surface area contributed by atoms with Gasteiger partial charge in [-0.1, -0.05) is 35.3 Å². The maximum atomic E-state index is 12.6. The lowest BCUT2D eigenvalue weighted by atomic mass is 10.1. The van der Waals surface area contributed by atoms with Crippen LogP contribution in [0.15, 0.2) is 53.7 Å². The maximum Gasteiger partial charge on any atom is 0.257 e. The number of methoxy groups -OCH3 is 1. The lowest BCUT2D eigenvalue weighted by Crippen LogP contribution is -2.43. The lowest BCUT2D eigenvalue weighted by molar-refractivity contribution is -0.693. The summed E-state index contributed by atoms with van der Waals surface area (Å²) in [5, 5.41) is 13.6. The van der Waals surface area contributed by atoms with E-state index < -0.39 is 0 Å². The number of aliphatic imine (C=N–C) groups is 1. The Bertz CT molecular complexity index is 1060. The van der Waals surface area contributed by atoms with Gasteiger partial charge in [0.25, 0.3) is 5.82 Å². The molecule has 0 aliphatic carbocycles. The fraction of sp³-hybridized carbons (Fsp3) is 0.238. The molecule has 0 saturated carbocycles. The third-order valence-corrected chi connectivity index (χ3v) is 5.58. The summed E-state index contributed by atoms with van der Waals surface area (Å²) in [5.74, 6) is 1.47. The molecule has 0 spiro atoms. The van der Waals surface area contributed by atoms with Crippen molar-refractivity contribution < 1.29 is 14.4 Å². The second-order valence-corrected chi connectivity index (χ2v) is 7.43. The monoisotopic (exact) mass is 451 g/mol. The normalized spacial score (nSPS) is 13.1. The highest BCUT2D eigenvalue weighted by Crippen LogP contribution is 2.30. The van der Waals surface area contributed by atoms with Crippen molar-refractivity contribution >= 4 is 47.2 Å². The second-order valence-electron chi connectivity index (χ2n) is 6.62. The molecule has 2 aromatic carbocycles. The molecule has 0 N–H and O–H groups in total. The first-order valence-electron chi connectivity index (χ1n) is 9.01. The van der Waals surface area contributed by atoms with Crippen molar-refractivity contribution in [3.63, 3.8) is 0 Å². The quantitative estimate of drug-likeness (QED) is 0.331. The predicted molar refractivity (Wildman–Crippen MR) is 116 cm³/mol. The highest BCUT2D eigenvalue weighted by Gasteiger charge is 2.28. The van der Waals surface area contributed by atoms with E-state index in [-0.39, 0.29) is 24.8 Å². The van der Waals surface area contributed by atoms with Gasteiger partial charge < -0.3 is 9.84 Å². The van der Waals surface area contributed by atoms with E-state index >= 15 is 0 Å². The molecule has 0 fully saturated rings. The molecule has 0 amide bonds. The van der Waals surface area contributed by atoms with Gasteiger partial charge >= 0.3 is 0 Å². The molecule has 5 nitrogen and oxygen atoms in total. The number of rotatable bonds is 5. The van der Waals surface area contributed by atoms with Gasteiger partial charge in [0.05, 0.1) is 30.1 Å². The van der Waals surface area contributed by atoms with E-state index in [1.165, 1.54) is 0 Å². The number of hydrogen-bond acceptors (Lipinski definition) is 3. The summed E-state index contributed by atoms with van der Waals surface area (Å²) in [7, 11) is 1.57. The predicted octanol–water partition coefficient (Wildman–Crippen LogP) is 4.22. The summed E-state index contributed by atoms with van der Waals surface area (Å²) < 4.78 is 9.48.